The lowest BCUT2D eigenvalue weighted by Crippen LogP contribution is -2.50. The molecule has 0 aliphatic carbocycles. The van der Waals surface area contributed by atoms with Crippen LogP contribution in [0.25, 0.3) is 0 Å². The van der Waals surface area contributed by atoms with Crippen LogP contribution in [0.2, 0.25) is 0 Å². The molecule has 0 aromatic carbocycles. The second-order valence-corrected chi connectivity index (χ2v) is 6.15. The number of nitrogens with zero attached hydrogens (tertiary/aromatic N) is 1. The van der Waals surface area contributed by atoms with E-state index in [9.17, 15) is 4.79 Å². The molecule has 2 N–H and O–H groups in total. The first-order chi connectivity index (χ1) is 8.65. The maximum Gasteiger partial charge on any atom is 0.237 e. The molecule has 0 aromatic rings. The summed E-state index contributed by atoms with van der Waals surface area (Å²) in [5.74, 6) is 1.51. The molecule has 2 rings (SSSR count). The van der Waals surface area contributed by atoms with Gasteiger partial charge in [-0.15, -0.1) is 0 Å². The topological polar surface area (TPSA) is 44.4 Å². The zero-order chi connectivity index (χ0) is 13.0. The van der Waals surface area contributed by atoms with Crippen molar-refractivity contribution in [1.82, 2.24) is 15.5 Å². The number of carbonyl (C=O) groups excluding carboxylic acids is 1. The first-order valence-electron chi connectivity index (χ1n) is 7.35. The Morgan fingerprint density at radius 3 is 3.00 bits per heavy atom. The molecule has 2 aliphatic rings. The molecular weight excluding hydrogens is 226 g/mol. The lowest BCUT2D eigenvalue weighted by atomic mass is 9.93. The highest BCUT2D eigenvalue weighted by atomic mass is 16.2. The summed E-state index contributed by atoms with van der Waals surface area (Å²) in [6, 6.07) is 0.0371. The molecule has 18 heavy (non-hydrogen) atoms. The molecule has 4 nitrogen and oxygen atoms in total. The van der Waals surface area contributed by atoms with Crippen molar-refractivity contribution in [3.05, 3.63) is 0 Å². The summed E-state index contributed by atoms with van der Waals surface area (Å²) in [7, 11) is 2.17. The summed E-state index contributed by atoms with van der Waals surface area (Å²) in [5, 5.41) is 6.46. The van der Waals surface area contributed by atoms with Gasteiger partial charge in [0.2, 0.25) is 5.91 Å². The number of hydrogen-bond donors (Lipinski definition) is 2. The molecule has 2 aliphatic heterocycles. The predicted molar refractivity (Wildman–Crippen MR) is 73.4 cm³/mol. The van der Waals surface area contributed by atoms with Crippen LogP contribution in [-0.2, 0) is 4.79 Å². The molecule has 104 valence electrons. The Balaban J connectivity index is 1.70. The molecule has 0 saturated carbocycles. The van der Waals surface area contributed by atoms with Gasteiger partial charge >= 0.3 is 0 Å². The molecule has 2 fully saturated rings. The van der Waals surface area contributed by atoms with Gasteiger partial charge in [0.1, 0.15) is 0 Å². The number of likely N-dealkylation sites (tertiary alicyclic amines) is 1. The third-order valence-corrected chi connectivity index (χ3v) is 4.27. The predicted octanol–water partition coefficient (Wildman–Crippen LogP) is 0.833. The largest absolute Gasteiger partial charge is 0.354 e. The van der Waals surface area contributed by atoms with Crippen LogP contribution in [0.15, 0.2) is 0 Å². The quantitative estimate of drug-likeness (QED) is 0.783. The fraction of sp³-hybridized carbons (Fsp3) is 0.929. The molecule has 3 atom stereocenters. The van der Waals surface area contributed by atoms with Crippen LogP contribution in [0.1, 0.15) is 32.6 Å². The zero-order valence-corrected chi connectivity index (χ0v) is 11.7. The number of amides is 1. The van der Waals surface area contributed by atoms with Gasteiger partial charge in [-0.3, -0.25) is 4.79 Å². The number of carbonyl (C=O) groups is 1. The number of hydrogen-bond acceptors (Lipinski definition) is 3. The van der Waals surface area contributed by atoms with Crippen LogP contribution in [0.5, 0.6) is 0 Å². The van der Waals surface area contributed by atoms with Gasteiger partial charge in [-0.25, -0.2) is 0 Å². The second-order valence-electron chi connectivity index (χ2n) is 6.15. The Kier molecular flexibility index (Phi) is 5.01. The Morgan fingerprint density at radius 1 is 1.44 bits per heavy atom. The zero-order valence-electron chi connectivity index (χ0n) is 11.7. The lowest BCUT2D eigenvalue weighted by molar-refractivity contribution is -0.124. The van der Waals surface area contributed by atoms with Crippen molar-refractivity contribution in [3.8, 4) is 0 Å². The molecule has 3 unspecified atom stereocenters. The van der Waals surface area contributed by atoms with Crippen molar-refractivity contribution in [2.45, 2.75) is 38.6 Å². The standard InChI is InChI=1S/C14H27N3O/c1-11-5-6-15-13(8-11)14(18)16-9-12-4-3-7-17(2)10-12/h11-13,15H,3-10H2,1-2H3,(H,16,18). The SMILES string of the molecule is CC1CCNC(C(=O)NCC2CCCN(C)C2)C1. The number of piperidine rings is 2. The summed E-state index contributed by atoms with van der Waals surface area (Å²) in [6.07, 6.45) is 4.68. The number of nitrogens with one attached hydrogen (secondary N) is 2. The van der Waals surface area contributed by atoms with Gasteiger partial charge in [-0.1, -0.05) is 6.92 Å². The van der Waals surface area contributed by atoms with E-state index in [1.165, 1.54) is 25.8 Å². The highest BCUT2D eigenvalue weighted by Gasteiger charge is 2.25. The van der Waals surface area contributed by atoms with Crippen LogP contribution < -0.4 is 10.6 Å². The summed E-state index contributed by atoms with van der Waals surface area (Å²) < 4.78 is 0. The van der Waals surface area contributed by atoms with Crippen molar-refractivity contribution >= 4 is 5.91 Å². The van der Waals surface area contributed by atoms with Crippen molar-refractivity contribution in [3.63, 3.8) is 0 Å². The van der Waals surface area contributed by atoms with Crippen LogP contribution in [0, 0.1) is 11.8 Å². The van der Waals surface area contributed by atoms with Gasteiger partial charge in [0.25, 0.3) is 0 Å². The van der Waals surface area contributed by atoms with Crippen LogP contribution in [-0.4, -0.2) is 50.1 Å². The fourth-order valence-corrected chi connectivity index (χ4v) is 3.12. The van der Waals surface area contributed by atoms with Gasteiger partial charge in [-0.05, 0) is 57.7 Å². The minimum absolute atomic E-state index is 0.0371. The van der Waals surface area contributed by atoms with E-state index in [-0.39, 0.29) is 11.9 Å². The monoisotopic (exact) mass is 253 g/mol. The summed E-state index contributed by atoms with van der Waals surface area (Å²) in [5.41, 5.74) is 0. The molecule has 2 heterocycles. The smallest absolute Gasteiger partial charge is 0.237 e. The molecular formula is C14H27N3O. The highest BCUT2D eigenvalue weighted by molar-refractivity contribution is 5.81. The van der Waals surface area contributed by atoms with Crippen molar-refractivity contribution < 1.29 is 4.79 Å². The highest BCUT2D eigenvalue weighted by Crippen LogP contribution is 2.16. The third kappa shape index (κ3) is 3.95. The van der Waals surface area contributed by atoms with E-state index in [4.69, 9.17) is 0 Å². The van der Waals surface area contributed by atoms with E-state index in [2.05, 4.69) is 29.5 Å². The Bertz CT molecular complexity index is 282. The minimum Gasteiger partial charge on any atom is -0.354 e. The molecule has 0 spiro atoms. The van der Waals surface area contributed by atoms with Gasteiger partial charge in [0, 0.05) is 13.1 Å². The van der Waals surface area contributed by atoms with Gasteiger partial charge < -0.3 is 15.5 Å². The van der Waals surface area contributed by atoms with Crippen LogP contribution >= 0.6 is 0 Å². The van der Waals surface area contributed by atoms with E-state index in [1.807, 2.05) is 0 Å². The normalized spacial score (nSPS) is 34.2. The first-order valence-corrected chi connectivity index (χ1v) is 7.35. The average Bonchev–Trinajstić information content (AvgIpc) is 2.36. The minimum atomic E-state index is 0.0371. The number of rotatable bonds is 3. The molecule has 2 saturated heterocycles. The maximum atomic E-state index is 12.1. The fourth-order valence-electron chi connectivity index (χ4n) is 3.12. The second kappa shape index (κ2) is 6.53. The third-order valence-electron chi connectivity index (χ3n) is 4.27. The molecule has 0 bridgehead atoms. The first kappa shape index (κ1) is 13.8. The van der Waals surface area contributed by atoms with E-state index in [0.717, 1.165) is 26.1 Å². The molecule has 0 aromatic heterocycles. The Morgan fingerprint density at radius 2 is 2.28 bits per heavy atom. The van der Waals surface area contributed by atoms with Crippen molar-refractivity contribution in [2.24, 2.45) is 11.8 Å². The van der Waals surface area contributed by atoms with E-state index >= 15 is 0 Å². The lowest BCUT2D eigenvalue weighted by Gasteiger charge is -2.31. The average molecular weight is 253 g/mol. The molecule has 0 radical (unpaired) electrons. The molecule has 1 amide bonds. The summed E-state index contributed by atoms with van der Waals surface area (Å²) >= 11 is 0. The molecule has 4 heteroatoms. The summed E-state index contributed by atoms with van der Waals surface area (Å²) in [4.78, 5) is 14.4. The van der Waals surface area contributed by atoms with E-state index in [0.29, 0.717) is 11.8 Å². The summed E-state index contributed by atoms with van der Waals surface area (Å²) in [6.45, 7) is 6.37. The van der Waals surface area contributed by atoms with Gasteiger partial charge in [0.15, 0.2) is 0 Å². The van der Waals surface area contributed by atoms with Crippen molar-refractivity contribution in [1.29, 1.82) is 0 Å². The van der Waals surface area contributed by atoms with E-state index in [1.54, 1.807) is 0 Å². The van der Waals surface area contributed by atoms with Gasteiger partial charge in [0.05, 0.1) is 6.04 Å². The van der Waals surface area contributed by atoms with Crippen LogP contribution in [0.3, 0.4) is 0 Å². The Labute approximate surface area is 110 Å². The van der Waals surface area contributed by atoms with E-state index < -0.39 is 0 Å². The van der Waals surface area contributed by atoms with Crippen LogP contribution in [0.4, 0.5) is 0 Å². The maximum absolute atomic E-state index is 12.1. The Hall–Kier alpha value is -0.610. The van der Waals surface area contributed by atoms with Crippen molar-refractivity contribution in [2.75, 3.05) is 33.2 Å². The van der Waals surface area contributed by atoms with Gasteiger partial charge in [-0.2, -0.15) is 0 Å².